The van der Waals surface area contributed by atoms with Gasteiger partial charge >= 0.3 is 0 Å². The molecule has 1 aliphatic heterocycles. The Morgan fingerprint density at radius 3 is 2.63 bits per heavy atom. The van der Waals surface area contributed by atoms with Gasteiger partial charge in [-0.25, -0.2) is 0 Å². The molecule has 2 atom stereocenters. The molecule has 1 N–H and O–H groups in total. The van der Waals surface area contributed by atoms with E-state index in [0.29, 0.717) is 17.9 Å². The quantitative estimate of drug-likeness (QED) is 0.777. The number of hydrogen-bond donors (Lipinski definition) is 1. The number of hydrogen-bond acceptors (Lipinski definition) is 1. The van der Waals surface area contributed by atoms with Crippen molar-refractivity contribution in [2.45, 2.75) is 38.1 Å². The van der Waals surface area contributed by atoms with E-state index in [1.54, 1.807) is 0 Å². The van der Waals surface area contributed by atoms with Gasteiger partial charge in [-0.2, -0.15) is 0 Å². The van der Waals surface area contributed by atoms with Crippen LogP contribution in [0.15, 0.2) is 42.5 Å². The van der Waals surface area contributed by atoms with Gasteiger partial charge in [-0.3, -0.25) is 0 Å². The Hall–Kier alpha value is -1.76. The van der Waals surface area contributed by atoms with Crippen molar-refractivity contribution in [3.8, 4) is 0 Å². The lowest BCUT2D eigenvalue weighted by atomic mass is 9.92. The summed E-state index contributed by atoms with van der Waals surface area (Å²) in [5.74, 6) is 1.21. The van der Waals surface area contributed by atoms with Crippen LogP contribution in [0.4, 0.5) is 5.69 Å². The number of rotatable bonds is 1. The fraction of sp³-hybridized carbons (Fsp3) is 0.333. The first kappa shape index (κ1) is 11.1. The molecule has 0 aromatic heterocycles. The summed E-state index contributed by atoms with van der Waals surface area (Å²) in [6.07, 6.45) is 1.18. The molecule has 0 saturated heterocycles. The van der Waals surface area contributed by atoms with Crippen LogP contribution < -0.4 is 5.32 Å². The number of para-hydroxylation sites is 1. The lowest BCUT2D eigenvalue weighted by Gasteiger charge is -2.15. The molecule has 2 aromatic carbocycles. The summed E-state index contributed by atoms with van der Waals surface area (Å²) in [4.78, 5) is 0. The van der Waals surface area contributed by atoms with Gasteiger partial charge in [-0.05, 0) is 34.6 Å². The molecule has 0 amide bonds. The molecule has 1 heterocycles. The molecular weight excluding hydrogens is 230 g/mol. The predicted octanol–water partition coefficient (Wildman–Crippen LogP) is 4.62. The Balaban J connectivity index is 1.83. The second kappa shape index (κ2) is 3.86. The summed E-state index contributed by atoms with van der Waals surface area (Å²) in [6.45, 7) is 4.55. The van der Waals surface area contributed by atoms with Gasteiger partial charge in [0.05, 0.1) is 6.04 Å². The van der Waals surface area contributed by atoms with Gasteiger partial charge in [0.2, 0.25) is 0 Å². The highest BCUT2D eigenvalue weighted by atomic mass is 15.0. The van der Waals surface area contributed by atoms with Crippen LogP contribution in [0.5, 0.6) is 0 Å². The lowest BCUT2D eigenvalue weighted by molar-refractivity contribution is 0.677. The molecule has 2 aromatic rings. The van der Waals surface area contributed by atoms with Gasteiger partial charge in [0, 0.05) is 11.6 Å². The summed E-state index contributed by atoms with van der Waals surface area (Å²) in [5.41, 5.74) is 7.41. The third-order valence-corrected chi connectivity index (χ3v) is 4.68. The lowest BCUT2D eigenvalue weighted by Crippen LogP contribution is -2.06. The fourth-order valence-corrected chi connectivity index (χ4v) is 3.76. The van der Waals surface area contributed by atoms with Crippen LogP contribution in [0, 0.1) is 0 Å². The zero-order chi connectivity index (χ0) is 13.0. The van der Waals surface area contributed by atoms with Gasteiger partial charge in [0.25, 0.3) is 0 Å². The molecule has 0 radical (unpaired) electrons. The Labute approximate surface area is 114 Å². The standard InChI is InChI=1S/C18H19N/c1-11(2)13-8-5-9-15-16-10-12-6-3-4-7-14(12)18(16)19-17(13)15/h3-9,11,16,18-19H,10H2,1-2H3/t16-,18-/m1/s1. The average molecular weight is 249 g/mol. The SMILES string of the molecule is CC(C)c1cccc2c1N[C@@H]1c3ccccc3C[C@H]21. The van der Waals surface area contributed by atoms with E-state index in [0.717, 1.165) is 0 Å². The molecule has 19 heavy (non-hydrogen) atoms. The first-order chi connectivity index (χ1) is 9.25. The maximum absolute atomic E-state index is 3.80. The van der Waals surface area contributed by atoms with Crippen LogP contribution in [0.1, 0.15) is 54.0 Å². The normalized spacial score (nSPS) is 22.9. The molecule has 96 valence electrons. The zero-order valence-electron chi connectivity index (χ0n) is 11.5. The van der Waals surface area contributed by atoms with Crippen molar-refractivity contribution in [3.63, 3.8) is 0 Å². The summed E-state index contributed by atoms with van der Waals surface area (Å²) >= 11 is 0. The molecule has 0 spiro atoms. The van der Waals surface area contributed by atoms with Crippen molar-refractivity contribution in [2.24, 2.45) is 0 Å². The molecule has 2 aliphatic rings. The first-order valence-electron chi connectivity index (χ1n) is 7.23. The van der Waals surface area contributed by atoms with Crippen LogP contribution in [0.2, 0.25) is 0 Å². The molecule has 1 aliphatic carbocycles. The third-order valence-electron chi connectivity index (χ3n) is 4.68. The highest BCUT2D eigenvalue weighted by molar-refractivity contribution is 5.68. The second-order valence-electron chi connectivity index (χ2n) is 6.10. The van der Waals surface area contributed by atoms with Crippen molar-refractivity contribution in [2.75, 3.05) is 5.32 Å². The van der Waals surface area contributed by atoms with E-state index in [4.69, 9.17) is 0 Å². The van der Waals surface area contributed by atoms with Crippen molar-refractivity contribution in [1.29, 1.82) is 0 Å². The maximum atomic E-state index is 3.80. The average Bonchev–Trinajstić information content (AvgIpc) is 2.94. The molecule has 0 fully saturated rings. The van der Waals surface area contributed by atoms with Crippen molar-refractivity contribution in [1.82, 2.24) is 0 Å². The monoisotopic (exact) mass is 249 g/mol. The topological polar surface area (TPSA) is 12.0 Å². The number of fused-ring (bicyclic) bond motifs is 5. The Kier molecular flexibility index (Phi) is 2.26. The molecule has 0 unspecified atom stereocenters. The van der Waals surface area contributed by atoms with Crippen LogP contribution in [-0.4, -0.2) is 0 Å². The summed E-state index contributed by atoms with van der Waals surface area (Å²) in [6, 6.07) is 16.2. The maximum Gasteiger partial charge on any atom is 0.0589 e. The highest BCUT2D eigenvalue weighted by Gasteiger charge is 2.40. The minimum Gasteiger partial charge on any atom is -0.377 e. The Bertz CT molecular complexity index is 642. The minimum atomic E-state index is 0.492. The molecule has 0 bridgehead atoms. The molecule has 1 nitrogen and oxygen atoms in total. The smallest absolute Gasteiger partial charge is 0.0589 e. The van der Waals surface area contributed by atoms with Crippen molar-refractivity contribution in [3.05, 3.63) is 64.7 Å². The van der Waals surface area contributed by atoms with Crippen molar-refractivity contribution >= 4 is 5.69 Å². The van der Waals surface area contributed by atoms with Gasteiger partial charge in [0.15, 0.2) is 0 Å². The Morgan fingerprint density at radius 2 is 1.79 bits per heavy atom. The van der Waals surface area contributed by atoms with Crippen LogP contribution >= 0.6 is 0 Å². The minimum absolute atomic E-state index is 0.492. The molecular formula is C18H19N. The van der Waals surface area contributed by atoms with E-state index in [1.165, 1.54) is 34.4 Å². The Morgan fingerprint density at radius 1 is 1.00 bits per heavy atom. The summed E-state index contributed by atoms with van der Waals surface area (Å²) in [5, 5.41) is 3.80. The summed E-state index contributed by atoms with van der Waals surface area (Å²) < 4.78 is 0. The van der Waals surface area contributed by atoms with E-state index in [1.807, 2.05) is 0 Å². The number of benzene rings is 2. The predicted molar refractivity (Wildman–Crippen MR) is 79.8 cm³/mol. The van der Waals surface area contributed by atoms with E-state index >= 15 is 0 Å². The van der Waals surface area contributed by atoms with E-state index < -0.39 is 0 Å². The van der Waals surface area contributed by atoms with Crippen LogP contribution in [0.3, 0.4) is 0 Å². The van der Waals surface area contributed by atoms with E-state index in [9.17, 15) is 0 Å². The zero-order valence-corrected chi connectivity index (χ0v) is 11.5. The second-order valence-corrected chi connectivity index (χ2v) is 6.10. The molecule has 1 heteroatoms. The van der Waals surface area contributed by atoms with Gasteiger partial charge in [-0.15, -0.1) is 0 Å². The van der Waals surface area contributed by atoms with Gasteiger partial charge in [0.1, 0.15) is 0 Å². The molecule has 4 rings (SSSR count). The fourth-order valence-electron chi connectivity index (χ4n) is 3.76. The van der Waals surface area contributed by atoms with Gasteiger partial charge in [-0.1, -0.05) is 56.3 Å². The van der Waals surface area contributed by atoms with Crippen LogP contribution in [0.25, 0.3) is 0 Å². The van der Waals surface area contributed by atoms with E-state index in [-0.39, 0.29) is 0 Å². The van der Waals surface area contributed by atoms with Crippen LogP contribution in [-0.2, 0) is 6.42 Å². The number of anilines is 1. The van der Waals surface area contributed by atoms with E-state index in [2.05, 4.69) is 61.6 Å². The van der Waals surface area contributed by atoms with Gasteiger partial charge < -0.3 is 5.32 Å². The van der Waals surface area contributed by atoms with Crippen molar-refractivity contribution < 1.29 is 0 Å². The summed E-state index contributed by atoms with van der Waals surface area (Å²) in [7, 11) is 0. The largest absolute Gasteiger partial charge is 0.377 e. The number of nitrogens with one attached hydrogen (secondary N) is 1. The first-order valence-corrected chi connectivity index (χ1v) is 7.23. The third kappa shape index (κ3) is 1.48. The molecule has 0 saturated carbocycles. The highest BCUT2D eigenvalue weighted by Crippen LogP contribution is 2.52.